The van der Waals surface area contributed by atoms with Crippen molar-refractivity contribution < 1.29 is 49.0 Å². The number of carboxylic acids is 2. The van der Waals surface area contributed by atoms with E-state index in [2.05, 4.69) is 20.4 Å². The van der Waals surface area contributed by atoms with Gasteiger partial charge < -0.3 is 63.2 Å². The van der Waals surface area contributed by atoms with Crippen LogP contribution in [0.4, 0.5) is 22.5 Å². The van der Waals surface area contributed by atoms with Crippen LogP contribution < -0.4 is 37.9 Å². The van der Waals surface area contributed by atoms with Gasteiger partial charge in [-0.1, -0.05) is 28.4 Å². The summed E-state index contributed by atoms with van der Waals surface area (Å²) in [5, 5.41) is 48.4. The molecule has 0 aliphatic carbocycles. The van der Waals surface area contributed by atoms with Gasteiger partial charge in [-0.15, -0.1) is 23.1 Å². The van der Waals surface area contributed by atoms with Crippen molar-refractivity contribution >= 4 is 75.0 Å². The van der Waals surface area contributed by atoms with Crippen LogP contribution in [-0.4, -0.2) is 83.4 Å². The van der Waals surface area contributed by atoms with E-state index in [1.54, 1.807) is 0 Å². The SMILES string of the molecule is Nc1nc(/C(=N/OC(C(=O)O)c2ccc(O)c(O)c2)C(=O)NC2C(=O)N3CC(/C=C/C[n+]4cnc(N)c(N)c4N)(C(=O)[O-])CS[C@H]23)cs1. The van der Waals surface area contributed by atoms with Crippen molar-refractivity contribution in [1.29, 1.82) is 0 Å². The number of aromatic nitrogens is 3. The number of allylic oxidation sites excluding steroid dienone is 1. The number of aromatic hydroxyl groups is 2. The largest absolute Gasteiger partial charge is 0.549 e. The van der Waals surface area contributed by atoms with Crippen molar-refractivity contribution in [1.82, 2.24) is 20.2 Å². The first kappa shape index (κ1) is 33.5. The Kier molecular flexibility index (Phi) is 9.16. The van der Waals surface area contributed by atoms with Crippen LogP contribution >= 0.6 is 23.1 Å². The third-order valence-electron chi connectivity index (χ3n) is 7.49. The Morgan fingerprint density at radius 3 is 2.65 bits per heavy atom. The van der Waals surface area contributed by atoms with E-state index in [4.69, 9.17) is 27.8 Å². The van der Waals surface area contributed by atoms with Crippen LogP contribution in [-0.2, 0) is 30.6 Å². The van der Waals surface area contributed by atoms with Crippen molar-refractivity contribution in [3.63, 3.8) is 0 Å². The molecule has 3 aromatic rings. The quantitative estimate of drug-likeness (QED) is 0.0256. The average Bonchev–Trinajstić information content (AvgIpc) is 3.48. The van der Waals surface area contributed by atoms with Gasteiger partial charge in [0.25, 0.3) is 5.91 Å². The standard InChI is InChI=1S/C27H28N10O9S2/c28-15-19(29)32-10-36(20(15)30)5-1-4-27(25(44)45)8-37-22(41)17(23(37)48-9-27)34-21(40)16(12-7-47-26(31)33-12)35-46-18(24(42)43)11-2-3-13(38)14(39)6-11/h1-4,6-7,10,17-18,23H,5,8-9H2,(H12,28,29,30,31,33,34,35,38,39,40,42,43,44,45)/b4-1+/t17?,18?,23-,27?/m1/s1. The number of hydrogen-bond donors (Lipinski definition) is 8. The van der Waals surface area contributed by atoms with Crippen molar-refractivity contribution in [3.8, 4) is 11.5 Å². The van der Waals surface area contributed by atoms with Crippen LogP contribution in [0.3, 0.4) is 0 Å². The third kappa shape index (κ3) is 6.40. The molecule has 0 saturated carbocycles. The predicted molar refractivity (Wildman–Crippen MR) is 168 cm³/mol. The normalized spacial score (nSPS) is 21.3. The lowest BCUT2D eigenvalue weighted by molar-refractivity contribution is -0.674. The van der Waals surface area contributed by atoms with Gasteiger partial charge in [0.1, 0.15) is 17.1 Å². The minimum atomic E-state index is -1.82. The van der Waals surface area contributed by atoms with Crippen LogP contribution in [0.25, 0.3) is 0 Å². The Balaban J connectivity index is 1.31. The number of amides is 2. The lowest BCUT2D eigenvalue weighted by Gasteiger charge is -2.54. The van der Waals surface area contributed by atoms with Crippen LogP contribution in [0.5, 0.6) is 11.5 Å². The molecule has 0 radical (unpaired) electrons. The second-order valence-electron chi connectivity index (χ2n) is 10.6. The first-order valence-electron chi connectivity index (χ1n) is 13.7. The van der Waals surface area contributed by atoms with Crippen molar-refractivity contribution in [3.05, 3.63) is 53.3 Å². The van der Waals surface area contributed by atoms with E-state index in [-0.39, 0.29) is 52.6 Å². The predicted octanol–water partition coefficient (Wildman–Crippen LogP) is -2.50. The lowest BCUT2D eigenvalue weighted by atomic mass is 9.86. The second kappa shape index (κ2) is 13.1. The molecular weight excluding hydrogens is 672 g/mol. The number of rotatable bonds is 11. The first-order valence-corrected chi connectivity index (χ1v) is 15.7. The number of carboxylic acid groups (broad SMARTS) is 2. The number of benzene rings is 1. The Bertz CT molecular complexity index is 1870. The number of nitrogens with one attached hydrogen (secondary N) is 1. The van der Waals surface area contributed by atoms with Gasteiger partial charge in [-0.3, -0.25) is 9.59 Å². The second-order valence-corrected chi connectivity index (χ2v) is 12.6. The molecule has 21 heteroatoms. The number of nitrogen functional groups attached to an aromatic ring is 4. The van der Waals surface area contributed by atoms with Crippen molar-refractivity contribution in [2.75, 3.05) is 35.2 Å². The maximum atomic E-state index is 13.4. The summed E-state index contributed by atoms with van der Waals surface area (Å²) in [5.41, 5.74) is 20.9. The van der Waals surface area contributed by atoms with E-state index in [1.807, 2.05) is 0 Å². The van der Waals surface area contributed by atoms with E-state index in [9.17, 15) is 39.6 Å². The molecule has 1 aromatic carbocycles. The zero-order valence-corrected chi connectivity index (χ0v) is 26.2. The fourth-order valence-electron chi connectivity index (χ4n) is 4.84. The Hall–Kier alpha value is -5.83. The topological polar surface area (TPSA) is 323 Å². The van der Waals surface area contributed by atoms with E-state index in [0.29, 0.717) is 0 Å². The number of nitrogens with zero attached hydrogens (tertiary/aromatic N) is 5. The van der Waals surface area contributed by atoms with Gasteiger partial charge in [0.05, 0.1) is 17.9 Å². The molecule has 2 fully saturated rings. The summed E-state index contributed by atoms with van der Waals surface area (Å²) in [5.74, 6) is -5.44. The van der Waals surface area contributed by atoms with E-state index >= 15 is 0 Å². The van der Waals surface area contributed by atoms with E-state index in [0.717, 1.165) is 35.2 Å². The van der Waals surface area contributed by atoms with Gasteiger partial charge in [-0.05, 0) is 12.1 Å². The number of thiazole rings is 1. The molecule has 4 atom stereocenters. The molecule has 2 amide bonds. The van der Waals surface area contributed by atoms with Crippen molar-refractivity contribution in [2.24, 2.45) is 10.6 Å². The third-order valence-corrected chi connectivity index (χ3v) is 9.71. The van der Waals surface area contributed by atoms with Crippen LogP contribution in [0.1, 0.15) is 17.4 Å². The molecule has 252 valence electrons. The molecule has 0 spiro atoms. The number of phenols is 2. The lowest BCUT2D eigenvalue weighted by Crippen LogP contribution is -2.74. The highest BCUT2D eigenvalue weighted by molar-refractivity contribution is 8.00. The van der Waals surface area contributed by atoms with Gasteiger partial charge in [0.2, 0.25) is 30.0 Å². The monoisotopic (exact) mass is 700 g/mol. The van der Waals surface area contributed by atoms with Gasteiger partial charge in [-0.2, -0.15) is 0 Å². The summed E-state index contributed by atoms with van der Waals surface area (Å²) in [4.78, 5) is 65.3. The first-order chi connectivity index (χ1) is 22.7. The van der Waals surface area contributed by atoms with Gasteiger partial charge in [-0.25, -0.2) is 14.3 Å². The number of carbonyl (C=O) groups is 4. The highest BCUT2D eigenvalue weighted by Crippen LogP contribution is 2.42. The molecule has 0 bridgehead atoms. The summed E-state index contributed by atoms with van der Waals surface area (Å²) in [7, 11) is 0. The van der Waals surface area contributed by atoms with Crippen LogP contribution in [0.15, 0.2) is 47.2 Å². The molecule has 5 rings (SSSR count). The molecule has 2 aromatic heterocycles. The number of fused-ring (bicyclic) bond motifs is 1. The summed E-state index contributed by atoms with van der Waals surface area (Å²) < 4.78 is 1.45. The number of hydrogen-bond acceptors (Lipinski definition) is 17. The number of thioether (sulfide) groups is 1. The minimum Gasteiger partial charge on any atom is -0.549 e. The number of aliphatic carboxylic acids is 2. The number of phenolic OH excluding ortho intramolecular Hbond substituents is 2. The Morgan fingerprint density at radius 1 is 1.25 bits per heavy atom. The maximum Gasteiger partial charge on any atom is 0.352 e. The number of nitrogens with two attached hydrogens (primary N) is 4. The fourth-order valence-corrected chi connectivity index (χ4v) is 6.90. The average molecular weight is 701 g/mol. The zero-order chi connectivity index (χ0) is 34.9. The summed E-state index contributed by atoms with van der Waals surface area (Å²) in [6.07, 6.45) is 2.46. The molecule has 4 heterocycles. The number of β-lactam (4-membered cyclic amide) rings is 1. The summed E-state index contributed by atoms with van der Waals surface area (Å²) in [6, 6.07) is 2.07. The van der Waals surface area contributed by atoms with E-state index < -0.39 is 63.9 Å². The van der Waals surface area contributed by atoms with E-state index in [1.165, 1.54) is 39.4 Å². The number of oxime groups is 1. The highest BCUT2D eigenvalue weighted by Gasteiger charge is 2.55. The van der Waals surface area contributed by atoms with Crippen molar-refractivity contribution in [2.45, 2.75) is 24.1 Å². The Morgan fingerprint density at radius 2 is 2.00 bits per heavy atom. The summed E-state index contributed by atoms with van der Waals surface area (Å²) >= 11 is 2.06. The van der Waals surface area contributed by atoms with Gasteiger partial charge in [0, 0.05) is 23.2 Å². The maximum absolute atomic E-state index is 13.4. The number of anilines is 4. The molecule has 2 aliphatic heterocycles. The minimum absolute atomic E-state index is 0.0125. The van der Waals surface area contributed by atoms with Gasteiger partial charge in [0.15, 0.2) is 28.0 Å². The molecule has 12 N–H and O–H groups in total. The van der Waals surface area contributed by atoms with Crippen LogP contribution in [0, 0.1) is 5.41 Å². The molecule has 2 aliphatic rings. The molecular formula is C27H28N10O9S2. The Labute approximate surface area is 278 Å². The highest BCUT2D eigenvalue weighted by atomic mass is 32.2. The van der Waals surface area contributed by atoms with Crippen LogP contribution in [0.2, 0.25) is 0 Å². The smallest absolute Gasteiger partial charge is 0.352 e. The van der Waals surface area contributed by atoms with Gasteiger partial charge >= 0.3 is 5.97 Å². The molecule has 19 nitrogen and oxygen atoms in total. The molecule has 2 saturated heterocycles. The molecule has 3 unspecified atom stereocenters. The summed E-state index contributed by atoms with van der Waals surface area (Å²) in [6.45, 7) is -0.148. The molecule has 48 heavy (non-hydrogen) atoms. The number of carbonyl (C=O) groups excluding carboxylic acids is 3. The fraction of sp³-hybridized carbons (Fsp3) is 0.259. The zero-order valence-electron chi connectivity index (χ0n) is 24.5.